The molecule has 0 atom stereocenters. The maximum Gasteiger partial charge on any atom is 0.251 e. The summed E-state index contributed by atoms with van der Waals surface area (Å²) >= 11 is 3.46. The SMILES string of the molecule is CN=C(NCc1cc(Br)ccc1OC)NC1CCN(CC(F)F)CC1.I. The van der Waals surface area contributed by atoms with Crippen LogP contribution in [0, 0.1) is 0 Å². The molecular formula is C17H26BrF2IN4O. The monoisotopic (exact) mass is 546 g/mol. The topological polar surface area (TPSA) is 48.9 Å². The quantitative estimate of drug-likeness (QED) is 0.326. The number of alkyl halides is 2. The van der Waals surface area contributed by atoms with Crippen molar-refractivity contribution in [1.82, 2.24) is 15.5 Å². The van der Waals surface area contributed by atoms with Crippen molar-refractivity contribution in [1.29, 1.82) is 0 Å². The zero-order valence-corrected chi connectivity index (χ0v) is 18.9. The number of benzene rings is 1. The minimum absolute atomic E-state index is 0. The number of hydrogen-bond donors (Lipinski definition) is 2. The lowest BCUT2D eigenvalue weighted by atomic mass is 10.1. The number of rotatable bonds is 6. The van der Waals surface area contributed by atoms with Gasteiger partial charge in [-0.1, -0.05) is 15.9 Å². The molecule has 148 valence electrons. The fraction of sp³-hybridized carbons (Fsp3) is 0.588. The molecule has 1 fully saturated rings. The van der Waals surface area contributed by atoms with Crippen molar-refractivity contribution < 1.29 is 13.5 Å². The molecule has 0 aromatic heterocycles. The average Bonchev–Trinajstić information content (AvgIpc) is 2.59. The summed E-state index contributed by atoms with van der Waals surface area (Å²) in [5, 5.41) is 6.66. The van der Waals surface area contributed by atoms with Crippen molar-refractivity contribution in [2.45, 2.75) is 31.9 Å². The molecule has 1 aliphatic rings. The van der Waals surface area contributed by atoms with Crippen LogP contribution in [0.1, 0.15) is 18.4 Å². The van der Waals surface area contributed by atoms with E-state index in [9.17, 15) is 8.78 Å². The molecule has 2 rings (SSSR count). The number of nitrogens with zero attached hydrogens (tertiary/aromatic N) is 2. The van der Waals surface area contributed by atoms with Gasteiger partial charge in [-0.25, -0.2) is 8.78 Å². The first-order valence-corrected chi connectivity index (χ1v) is 9.11. The van der Waals surface area contributed by atoms with Crippen LogP contribution in [0.25, 0.3) is 0 Å². The Morgan fingerprint density at radius 3 is 2.65 bits per heavy atom. The van der Waals surface area contributed by atoms with Crippen molar-refractivity contribution in [3.63, 3.8) is 0 Å². The Kier molecular flexibility index (Phi) is 10.7. The first-order valence-electron chi connectivity index (χ1n) is 8.32. The van der Waals surface area contributed by atoms with Crippen LogP contribution in [0.15, 0.2) is 27.7 Å². The summed E-state index contributed by atoms with van der Waals surface area (Å²) < 4.78 is 31.2. The molecule has 1 saturated heterocycles. The molecule has 0 aliphatic carbocycles. The van der Waals surface area contributed by atoms with E-state index in [4.69, 9.17) is 4.74 Å². The molecule has 0 saturated carbocycles. The van der Waals surface area contributed by atoms with Gasteiger partial charge in [0, 0.05) is 42.8 Å². The third kappa shape index (κ3) is 7.51. The molecule has 0 unspecified atom stereocenters. The molecule has 26 heavy (non-hydrogen) atoms. The summed E-state index contributed by atoms with van der Waals surface area (Å²) in [7, 11) is 3.37. The lowest BCUT2D eigenvalue weighted by Crippen LogP contribution is -2.49. The fourth-order valence-electron chi connectivity index (χ4n) is 2.91. The van der Waals surface area contributed by atoms with Gasteiger partial charge in [0.15, 0.2) is 5.96 Å². The Morgan fingerprint density at radius 2 is 2.08 bits per heavy atom. The summed E-state index contributed by atoms with van der Waals surface area (Å²) in [5.74, 6) is 1.51. The summed E-state index contributed by atoms with van der Waals surface area (Å²) in [5.41, 5.74) is 1.02. The van der Waals surface area contributed by atoms with E-state index in [0.717, 1.165) is 28.6 Å². The number of piperidine rings is 1. The molecule has 0 amide bonds. The molecule has 5 nitrogen and oxygen atoms in total. The number of guanidine groups is 1. The summed E-state index contributed by atoms with van der Waals surface area (Å²) in [4.78, 5) is 6.06. The normalized spacial score (nSPS) is 16.3. The van der Waals surface area contributed by atoms with Gasteiger partial charge in [0.05, 0.1) is 13.7 Å². The highest BCUT2D eigenvalue weighted by atomic mass is 127. The van der Waals surface area contributed by atoms with E-state index >= 15 is 0 Å². The molecule has 1 aromatic rings. The smallest absolute Gasteiger partial charge is 0.251 e. The van der Waals surface area contributed by atoms with Gasteiger partial charge < -0.3 is 15.4 Å². The van der Waals surface area contributed by atoms with Crippen molar-refractivity contribution in [3.8, 4) is 5.75 Å². The van der Waals surface area contributed by atoms with E-state index < -0.39 is 6.43 Å². The second kappa shape index (κ2) is 11.9. The zero-order valence-electron chi connectivity index (χ0n) is 15.0. The highest BCUT2D eigenvalue weighted by Gasteiger charge is 2.22. The van der Waals surface area contributed by atoms with Crippen LogP contribution in [0.3, 0.4) is 0 Å². The average molecular weight is 547 g/mol. The van der Waals surface area contributed by atoms with Gasteiger partial charge in [0.25, 0.3) is 6.43 Å². The third-order valence-electron chi connectivity index (χ3n) is 4.24. The minimum Gasteiger partial charge on any atom is -0.496 e. The standard InChI is InChI=1S/C17H25BrF2N4O.HI/c1-21-17(22-10-12-9-13(18)3-4-15(12)25-2)23-14-5-7-24(8-6-14)11-16(19)20;/h3-4,9,14,16H,5-8,10-11H2,1-2H3,(H2,21,22,23);1H. The van der Waals surface area contributed by atoms with Crippen molar-refractivity contribution in [3.05, 3.63) is 28.2 Å². The van der Waals surface area contributed by atoms with Crippen LogP contribution < -0.4 is 15.4 Å². The lowest BCUT2D eigenvalue weighted by molar-refractivity contribution is 0.0744. The molecule has 9 heteroatoms. The van der Waals surface area contributed by atoms with E-state index in [-0.39, 0.29) is 36.6 Å². The van der Waals surface area contributed by atoms with Crippen molar-refractivity contribution in [2.24, 2.45) is 4.99 Å². The van der Waals surface area contributed by atoms with Gasteiger partial charge in [-0.2, -0.15) is 0 Å². The number of aliphatic imine (C=N–C) groups is 1. The Bertz CT molecular complexity index is 584. The largest absolute Gasteiger partial charge is 0.496 e. The van der Waals surface area contributed by atoms with Crippen LogP contribution in [-0.4, -0.2) is 57.1 Å². The van der Waals surface area contributed by atoms with Crippen LogP contribution in [0.5, 0.6) is 5.75 Å². The number of halogens is 4. The van der Waals surface area contributed by atoms with Crippen LogP contribution in [0.4, 0.5) is 8.78 Å². The van der Waals surface area contributed by atoms with Crippen LogP contribution in [-0.2, 0) is 6.54 Å². The summed E-state index contributed by atoms with van der Waals surface area (Å²) in [6, 6.07) is 6.09. The van der Waals surface area contributed by atoms with Crippen molar-refractivity contribution in [2.75, 3.05) is 33.8 Å². The number of nitrogens with one attached hydrogen (secondary N) is 2. The third-order valence-corrected chi connectivity index (χ3v) is 4.73. The van der Waals surface area contributed by atoms with Gasteiger partial charge in [-0.05, 0) is 31.0 Å². The Morgan fingerprint density at radius 1 is 1.38 bits per heavy atom. The van der Waals surface area contributed by atoms with E-state index in [1.807, 2.05) is 23.1 Å². The second-order valence-corrected chi connectivity index (χ2v) is 6.91. The predicted molar refractivity (Wildman–Crippen MR) is 115 cm³/mol. The minimum atomic E-state index is -2.26. The molecule has 1 aromatic carbocycles. The molecule has 1 aliphatic heterocycles. The number of ether oxygens (including phenoxy) is 1. The van der Waals surface area contributed by atoms with E-state index in [1.165, 1.54) is 0 Å². The lowest BCUT2D eigenvalue weighted by Gasteiger charge is -2.32. The summed E-state index contributed by atoms with van der Waals surface area (Å²) in [6.07, 6.45) is -0.611. The molecule has 0 radical (unpaired) electrons. The molecule has 0 spiro atoms. The maximum absolute atomic E-state index is 12.4. The first kappa shape index (κ1) is 23.4. The molecule has 2 N–H and O–H groups in total. The van der Waals surface area contributed by atoms with Crippen LogP contribution >= 0.6 is 39.9 Å². The Balaban J connectivity index is 0.00000338. The highest BCUT2D eigenvalue weighted by Crippen LogP contribution is 2.22. The van der Waals surface area contributed by atoms with Crippen molar-refractivity contribution >= 4 is 45.9 Å². The van der Waals surface area contributed by atoms with E-state index in [0.29, 0.717) is 25.6 Å². The summed E-state index contributed by atoms with van der Waals surface area (Å²) in [6.45, 7) is 1.80. The predicted octanol–water partition coefficient (Wildman–Crippen LogP) is 3.47. The highest BCUT2D eigenvalue weighted by molar-refractivity contribution is 14.0. The van der Waals surface area contributed by atoms with Crippen LogP contribution in [0.2, 0.25) is 0 Å². The molecule has 1 heterocycles. The zero-order chi connectivity index (χ0) is 18.2. The van der Waals surface area contributed by atoms with Gasteiger partial charge >= 0.3 is 0 Å². The first-order chi connectivity index (χ1) is 12.0. The molecule has 0 bridgehead atoms. The molecular weight excluding hydrogens is 521 g/mol. The number of methoxy groups -OCH3 is 1. The van der Waals surface area contributed by atoms with Gasteiger partial charge in [0.1, 0.15) is 5.75 Å². The fourth-order valence-corrected chi connectivity index (χ4v) is 3.32. The van der Waals surface area contributed by atoms with Gasteiger partial charge in [-0.15, -0.1) is 24.0 Å². The van der Waals surface area contributed by atoms with Gasteiger partial charge in [-0.3, -0.25) is 9.89 Å². The van der Waals surface area contributed by atoms with E-state index in [2.05, 4.69) is 31.6 Å². The number of hydrogen-bond acceptors (Lipinski definition) is 3. The Hall–Kier alpha value is -0.680. The maximum atomic E-state index is 12.4. The number of likely N-dealkylation sites (tertiary alicyclic amines) is 1. The Labute approximate surface area is 179 Å². The van der Waals surface area contributed by atoms with E-state index in [1.54, 1.807) is 14.2 Å². The van der Waals surface area contributed by atoms with Gasteiger partial charge in [0.2, 0.25) is 0 Å². The second-order valence-electron chi connectivity index (χ2n) is 5.99.